The molecule has 1 rings (SSSR count). The molecule has 0 aliphatic carbocycles. The molecule has 17 heavy (non-hydrogen) atoms. The first-order valence-electron chi connectivity index (χ1n) is 5.94. The Balaban J connectivity index is 2.64. The van der Waals surface area contributed by atoms with E-state index in [1.165, 1.54) is 0 Å². The van der Waals surface area contributed by atoms with Crippen LogP contribution in [0, 0.1) is 5.92 Å². The average Bonchev–Trinajstić information content (AvgIpc) is 2.25. The van der Waals surface area contributed by atoms with Gasteiger partial charge in [0.25, 0.3) is 0 Å². The normalized spacial score (nSPS) is 10.4. The highest BCUT2D eigenvalue weighted by Gasteiger charge is 2.12. The molecule has 0 saturated carbocycles. The molecule has 0 aliphatic rings. The third kappa shape index (κ3) is 4.34. The van der Waals surface area contributed by atoms with Crippen LogP contribution >= 0.6 is 0 Å². The molecule has 0 fully saturated rings. The third-order valence-corrected chi connectivity index (χ3v) is 2.39. The number of rotatable bonds is 4. The Morgan fingerprint density at radius 1 is 1.47 bits per heavy atom. The maximum absolute atomic E-state index is 12.0. The van der Waals surface area contributed by atoms with E-state index in [9.17, 15) is 4.79 Å². The number of carbonyl (C=O) groups excluding carboxylic acids is 1. The lowest BCUT2D eigenvalue weighted by molar-refractivity contribution is 0.208. The lowest BCUT2D eigenvalue weighted by atomic mass is 10.2. The van der Waals surface area contributed by atoms with Crippen LogP contribution in [0.3, 0.4) is 0 Å². The molecule has 0 radical (unpaired) electrons. The predicted octanol–water partition coefficient (Wildman–Crippen LogP) is 2.78. The van der Waals surface area contributed by atoms with Crippen molar-refractivity contribution in [1.82, 2.24) is 4.90 Å². The molecule has 0 spiro atoms. The van der Waals surface area contributed by atoms with Crippen LogP contribution in [0.1, 0.15) is 20.8 Å². The van der Waals surface area contributed by atoms with E-state index in [0.717, 1.165) is 12.2 Å². The van der Waals surface area contributed by atoms with Crippen molar-refractivity contribution >= 4 is 17.4 Å². The highest BCUT2D eigenvalue weighted by molar-refractivity contribution is 5.89. The average molecular weight is 235 g/mol. The van der Waals surface area contributed by atoms with Crippen LogP contribution in [0.15, 0.2) is 24.3 Å². The predicted molar refractivity (Wildman–Crippen MR) is 72.0 cm³/mol. The Morgan fingerprint density at radius 3 is 2.71 bits per heavy atom. The van der Waals surface area contributed by atoms with Crippen molar-refractivity contribution in [3.63, 3.8) is 0 Å². The lowest BCUT2D eigenvalue weighted by Gasteiger charge is -2.23. The van der Waals surface area contributed by atoms with E-state index in [0.29, 0.717) is 18.2 Å². The molecule has 0 heterocycles. The minimum atomic E-state index is -0.0770. The van der Waals surface area contributed by atoms with E-state index in [-0.39, 0.29) is 6.03 Å². The van der Waals surface area contributed by atoms with Crippen LogP contribution in [-0.4, -0.2) is 24.0 Å². The molecule has 94 valence electrons. The van der Waals surface area contributed by atoms with Gasteiger partial charge in [-0.05, 0) is 31.0 Å². The van der Waals surface area contributed by atoms with Crippen LogP contribution in [0.2, 0.25) is 0 Å². The van der Waals surface area contributed by atoms with Crippen molar-refractivity contribution in [2.45, 2.75) is 20.8 Å². The molecule has 0 saturated heterocycles. The fraction of sp³-hybridized carbons (Fsp3) is 0.462. The number of hydrogen-bond donors (Lipinski definition) is 2. The summed E-state index contributed by atoms with van der Waals surface area (Å²) < 4.78 is 0. The first kappa shape index (κ1) is 13.4. The monoisotopic (exact) mass is 235 g/mol. The van der Waals surface area contributed by atoms with Crippen LogP contribution in [0.25, 0.3) is 0 Å². The SMILES string of the molecule is CCN(CC(C)C)C(=O)Nc1cccc(N)c1. The molecule has 0 unspecified atom stereocenters. The van der Waals surface area contributed by atoms with Gasteiger partial charge in [-0.1, -0.05) is 19.9 Å². The summed E-state index contributed by atoms with van der Waals surface area (Å²) in [7, 11) is 0. The molecule has 0 bridgehead atoms. The van der Waals surface area contributed by atoms with Crippen LogP contribution in [0.4, 0.5) is 16.2 Å². The van der Waals surface area contributed by atoms with E-state index in [1.807, 2.05) is 19.1 Å². The number of nitrogens with zero attached hydrogens (tertiary/aromatic N) is 1. The van der Waals surface area contributed by atoms with E-state index in [2.05, 4.69) is 19.2 Å². The minimum Gasteiger partial charge on any atom is -0.399 e. The second kappa shape index (κ2) is 6.13. The molecular formula is C13H21N3O. The van der Waals surface area contributed by atoms with Gasteiger partial charge in [-0.15, -0.1) is 0 Å². The standard InChI is InChI=1S/C13H21N3O/c1-4-16(9-10(2)3)13(17)15-12-7-5-6-11(14)8-12/h5-8,10H,4,9,14H2,1-3H3,(H,15,17). The molecule has 4 nitrogen and oxygen atoms in total. The quantitative estimate of drug-likeness (QED) is 0.788. The van der Waals surface area contributed by atoms with Gasteiger partial charge in [-0.25, -0.2) is 4.79 Å². The van der Waals surface area contributed by atoms with E-state index in [1.54, 1.807) is 17.0 Å². The van der Waals surface area contributed by atoms with Crippen molar-refractivity contribution in [2.24, 2.45) is 5.92 Å². The molecule has 1 aromatic carbocycles. The molecule has 1 aromatic rings. The number of nitrogens with two attached hydrogens (primary N) is 1. The topological polar surface area (TPSA) is 58.4 Å². The fourth-order valence-electron chi connectivity index (χ4n) is 1.62. The second-order valence-electron chi connectivity index (χ2n) is 4.49. The van der Waals surface area contributed by atoms with Gasteiger partial charge in [0.05, 0.1) is 0 Å². The summed E-state index contributed by atoms with van der Waals surface area (Å²) >= 11 is 0. The number of carbonyl (C=O) groups is 1. The van der Waals surface area contributed by atoms with Gasteiger partial charge in [0, 0.05) is 24.5 Å². The number of nitrogens with one attached hydrogen (secondary N) is 1. The largest absolute Gasteiger partial charge is 0.399 e. The van der Waals surface area contributed by atoms with Gasteiger partial charge in [-0.2, -0.15) is 0 Å². The smallest absolute Gasteiger partial charge is 0.321 e. The summed E-state index contributed by atoms with van der Waals surface area (Å²) in [5.74, 6) is 0.460. The summed E-state index contributed by atoms with van der Waals surface area (Å²) in [5, 5.41) is 2.85. The molecule has 0 aliphatic heterocycles. The van der Waals surface area contributed by atoms with Crippen LogP contribution in [0.5, 0.6) is 0 Å². The van der Waals surface area contributed by atoms with Gasteiger partial charge in [0.15, 0.2) is 0 Å². The van der Waals surface area contributed by atoms with Gasteiger partial charge < -0.3 is 16.0 Å². The zero-order valence-electron chi connectivity index (χ0n) is 10.7. The minimum absolute atomic E-state index is 0.0770. The van der Waals surface area contributed by atoms with E-state index < -0.39 is 0 Å². The Hall–Kier alpha value is -1.71. The van der Waals surface area contributed by atoms with Gasteiger partial charge >= 0.3 is 6.03 Å². The highest BCUT2D eigenvalue weighted by atomic mass is 16.2. The summed E-state index contributed by atoms with van der Waals surface area (Å²) in [6.45, 7) is 7.62. The number of anilines is 2. The molecule has 2 amide bonds. The van der Waals surface area contributed by atoms with Crippen molar-refractivity contribution in [3.8, 4) is 0 Å². The Bertz CT molecular complexity index is 377. The first-order valence-corrected chi connectivity index (χ1v) is 5.94. The van der Waals surface area contributed by atoms with E-state index in [4.69, 9.17) is 5.73 Å². The third-order valence-electron chi connectivity index (χ3n) is 2.39. The maximum atomic E-state index is 12.0. The van der Waals surface area contributed by atoms with Gasteiger partial charge in [-0.3, -0.25) is 0 Å². The van der Waals surface area contributed by atoms with Crippen LogP contribution < -0.4 is 11.1 Å². The van der Waals surface area contributed by atoms with Crippen molar-refractivity contribution in [2.75, 3.05) is 24.1 Å². The summed E-state index contributed by atoms with van der Waals surface area (Å²) in [6.07, 6.45) is 0. The van der Waals surface area contributed by atoms with Gasteiger partial charge in [0.2, 0.25) is 0 Å². The molecular weight excluding hydrogens is 214 g/mol. The van der Waals surface area contributed by atoms with Crippen molar-refractivity contribution in [1.29, 1.82) is 0 Å². The molecule has 0 atom stereocenters. The van der Waals surface area contributed by atoms with Crippen LogP contribution in [-0.2, 0) is 0 Å². The number of nitrogen functional groups attached to an aromatic ring is 1. The zero-order valence-corrected chi connectivity index (χ0v) is 10.7. The molecule has 0 aromatic heterocycles. The summed E-state index contributed by atoms with van der Waals surface area (Å²) in [6, 6.07) is 7.12. The molecule has 4 heteroatoms. The zero-order chi connectivity index (χ0) is 12.8. The summed E-state index contributed by atoms with van der Waals surface area (Å²) in [5.41, 5.74) is 7.04. The first-order chi connectivity index (χ1) is 8.02. The Labute approximate surface area is 103 Å². The highest BCUT2D eigenvalue weighted by Crippen LogP contribution is 2.12. The second-order valence-corrected chi connectivity index (χ2v) is 4.49. The molecule has 3 N–H and O–H groups in total. The summed E-state index contributed by atoms with van der Waals surface area (Å²) in [4.78, 5) is 13.8. The Kier molecular flexibility index (Phi) is 4.82. The fourth-order valence-corrected chi connectivity index (χ4v) is 1.62. The van der Waals surface area contributed by atoms with Crippen molar-refractivity contribution in [3.05, 3.63) is 24.3 Å². The van der Waals surface area contributed by atoms with Gasteiger partial charge in [0.1, 0.15) is 0 Å². The Morgan fingerprint density at radius 2 is 2.18 bits per heavy atom. The van der Waals surface area contributed by atoms with E-state index >= 15 is 0 Å². The number of benzene rings is 1. The lowest BCUT2D eigenvalue weighted by Crippen LogP contribution is -2.37. The number of hydrogen-bond acceptors (Lipinski definition) is 2. The maximum Gasteiger partial charge on any atom is 0.321 e. The number of amides is 2. The number of urea groups is 1. The van der Waals surface area contributed by atoms with Crippen molar-refractivity contribution < 1.29 is 4.79 Å².